The first-order valence-electron chi connectivity index (χ1n) is 11.1. The van der Waals surface area contributed by atoms with E-state index < -0.39 is 23.5 Å². The maximum absolute atomic E-state index is 13.9. The number of hydrogen-bond donors (Lipinski definition) is 2. The summed E-state index contributed by atoms with van der Waals surface area (Å²) < 4.78 is 40.4. The Kier molecular flexibility index (Phi) is 6.60. The number of piperazine rings is 1. The molecule has 2 aromatic rings. The lowest BCUT2D eigenvalue weighted by molar-refractivity contribution is -0.133. The molecule has 2 aliphatic rings. The number of nitrogens with two attached hydrogens (primary N) is 1. The summed E-state index contributed by atoms with van der Waals surface area (Å²) in [5, 5.41) is 2.91. The van der Waals surface area contributed by atoms with Crippen LogP contribution in [0.5, 0.6) is 0 Å². The van der Waals surface area contributed by atoms with Gasteiger partial charge in [0.05, 0.1) is 12.1 Å². The van der Waals surface area contributed by atoms with E-state index in [1.807, 2.05) is 24.3 Å². The summed E-state index contributed by atoms with van der Waals surface area (Å²) in [5.74, 6) is -3.49. The van der Waals surface area contributed by atoms with Crippen LogP contribution in [0.1, 0.15) is 30.9 Å². The second-order valence-corrected chi connectivity index (χ2v) is 8.75. The molecule has 0 spiro atoms. The van der Waals surface area contributed by atoms with Gasteiger partial charge in [0.1, 0.15) is 5.82 Å². The molecule has 2 fully saturated rings. The largest absolute Gasteiger partial charge is 0.336 e. The second kappa shape index (κ2) is 9.43. The monoisotopic (exact) mass is 460 g/mol. The molecule has 2 heterocycles. The van der Waals surface area contributed by atoms with Crippen LogP contribution in [0.4, 0.5) is 23.7 Å². The number of benzene rings is 2. The number of halogens is 3. The van der Waals surface area contributed by atoms with Crippen LogP contribution in [0, 0.1) is 17.5 Å². The molecule has 3 amide bonds. The van der Waals surface area contributed by atoms with Gasteiger partial charge in [-0.15, -0.1) is 0 Å². The number of amides is 3. The number of hydrogen-bond acceptors (Lipinski definition) is 3. The molecule has 0 aliphatic carbocycles. The second-order valence-electron chi connectivity index (χ2n) is 8.75. The molecule has 2 aliphatic heterocycles. The van der Waals surface area contributed by atoms with Crippen molar-refractivity contribution in [2.75, 3.05) is 18.4 Å². The Morgan fingerprint density at radius 3 is 2.30 bits per heavy atom. The fourth-order valence-electron chi connectivity index (χ4n) is 4.66. The molecule has 3 N–H and O–H groups in total. The quantitative estimate of drug-likeness (QED) is 0.649. The van der Waals surface area contributed by atoms with Gasteiger partial charge in [0.15, 0.2) is 11.6 Å². The van der Waals surface area contributed by atoms with Crippen molar-refractivity contribution < 1.29 is 22.8 Å². The van der Waals surface area contributed by atoms with Crippen molar-refractivity contribution in [3.8, 4) is 0 Å². The molecular weight excluding hydrogens is 433 g/mol. The number of urea groups is 1. The fraction of sp³-hybridized carbons (Fsp3) is 0.417. The third-order valence-corrected chi connectivity index (χ3v) is 6.44. The smallest absolute Gasteiger partial charge is 0.322 e. The van der Waals surface area contributed by atoms with Crippen LogP contribution in [0.3, 0.4) is 0 Å². The first kappa shape index (κ1) is 23.1. The molecule has 0 unspecified atom stereocenters. The van der Waals surface area contributed by atoms with E-state index in [4.69, 9.17) is 5.73 Å². The number of fused-ring (bicyclic) bond motifs is 2. The maximum Gasteiger partial charge on any atom is 0.322 e. The lowest BCUT2D eigenvalue weighted by Crippen LogP contribution is -2.52. The van der Waals surface area contributed by atoms with Crippen molar-refractivity contribution in [1.82, 2.24) is 9.80 Å². The van der Waals surface area contributed by atoms with Crippen molar-refractivity contribution in [2.24, 2.45) is 5.73 Å². The molecule has 2 aromatic carbocycles. The molecule has 2 bridgehead atoms. The van der Waals surface area contributed by atoms with E-state index in [0.717, 1.165) is 18.2 Å². The summed E-state index contributed by atoms with van der Waals surface area (Å²) in [6.07, 6.45) is 1.49. The highest BCUT2D eigenvalue weighted by atomic mass is 19.2. The Labute approximate surface area is 190 Å². The minimum absolute atomic E-state index is 0.0440. The van der Waals surface area contributed by atoms with Crippen molar-refractivity contribution in [2.45, 2.75) is 50.7 Å². The van der Waals surface area contributed by atoms with Crippen LogP contribution < -0.4 is 11.1 Å². The zero-order valence-electron chi connectivity index (χ0n) is 18.4. The molecule has 0 saturated carbocycles. The van der Waals surface area contributed by atoms with Gasteiger partial charge in [-0.2, -0.15) is 0 Å². The molecule has 176 valence electrons. The number of anilines is 1. The van der Waals surface area contributed by atoms with Gasteiger partial charge < -0.3 is 20.9 Å². The highest BCUT2D eigenvalue weighted by Crippen LogP contribution is 2.32. The Balaban J connectivity index is 1.29. The van der Waals surface area contributed by atoms with Crippen LogP contribution in [-0.2, 0) is 17.6 Å². The molecule has 33 heavy (non-hydrogen) atoms. The Morgan fingerprint density at radius 1 is 1.03 bits per heavy atom. The van der Waals surface area contributed by atoms with Gasteiger partial charge in [0.2, 0.25) is 5.91 Å². The van der Waals surface area contributed by atoms with Crippen LogP contribution >= 0.6 is 0 Å². The first-order valence-corrected chi connectivity index (χ1v) is 11.1. The zero-order chi connectivity index (χ0) is 23.7. The number of nitrogens with zero attached hydrogens (tertiary/aromatic N) is 2. The molecule has 0 aromatic heterocycles. The average Bonchev–Trinajstić information content (AvgIpc) is 3.39. The van der Waals surface area contributed by atoms with E-state index in [1.54, 1.807) is 9.80 Å². The van der Waals surface area contributed by atoms with Crippen LogP contribution in [-0.4, -0.2) is 53.0 Å². The van der Waals surface area contributed by atoms with Gasteiger partial charge in [0.25, 0.3) is 0 Å². The molecule has 3 atom stereocenters. The Bertz CT molecular complexity index is 1050. The van der Waals surface area contributed by atoms with Gasteiger partial charge in [-0.05, 0) is 48.6 Å². The average molecular weight is 461 g/mol. The molecule has 2 saturated heterocycles. The summed E-state index contributed by atoms with van der Waals surface area (Å²) in [4.78, 5) is 28.9. The van der Waals surface area contributed by atoms with Gasteiger partial charge in [-0.25, -0.2) is 18.0 Å². The lowest BCUT2D eigenvalue weighted by Gasteiger charge is -2.34. The summed E-state index contributed by atoms with van der Waals surface area (Å²) >= 11 is 0. The maximum atomic E-state index is 13.9. The van der Waals surface area contributed by atoms with E-state index in [9.17, 15) is 22.8 Å². The highest BCUT2D eigenvalue weighted by molar-refractivity contribution is 5.90. The predicted octanol–water partition coefficient (Wildman–Crippen LogP) is 3.44. The predicted molar refractivity (Wildman–Crippen MR) is 118 cm³/mol. The number of carbonyl (C=O) groups excluding carboxylic acids is 2. The van der Waals surface area contributed by atoms with Crippen molar-refractivity contribution in [1.29, 1.82) is 0 Å². The first-order chi connectivity index (χ1) is 15.7. The summed E-state index contributed by atoms with van der Waals surface area (Å²) in [7, 11) is 0. The molecule has 9 heteroatoms. The standard InChI is InChI=1S/C24H27F3N4O2/c1-2-14-3-5-17(6-4-14)29-24(33)31-13-18-10-19(31)12-30(18)23(32)9-16(28)7-15-8-21(26)22(27)11-20(15)25/h3-6,8,11,16,18-19H,2,7,9-10,12-13,28H2,1H3,(H,29,33)/t16-,18-,19-/m1/s1. The minimum Gasteiger partial charge on any atom is -0.336 e. The van der Waals surface area contributed by atoms with E-state index in [0.29, 0.717) is 25.6 Å². The highest BCUT2D eigenvalue weighted by Gasteiger charge is 2.47. The number of aryl methyl sites for hydroxylation is 1. The van der Waals surface area contributed by atoms with Gasteiger partial charge >= 0.3 is 6.03 Å². The van der Waals surface area contributed by atoms with E-state index in [2.05, 4.69) is 12.2 Å². The summed E-state index contributed by atoms with van der Waals surface area (Å²) in [5.41, 5.74) is 7.86. The molecule has 4 rings (SSSR count). The zero-order valence-corrected chi connectivity index (χ0v) is 18.4. The van der Waals surface area contributed by atoms with E-state index in [1.165, 1.54) is 5.56 Å². The van der Waals surface area contributed by atoms with Crippen molar-refractivity contribution in [3.05, 3.63) is 65.0 Å². The minimum atomic E-state index is -1.26. The SMILES string of the molecule is CCc1ccc(NC(=O)N2C[C@H]3C[C@@H]2CN3C(=O)C[C@H](N)Cc2cc(F)c(F)cc2F)cc1. The normalized spacial score (nSPS) is 20.3. The lowest BCUT2D eigenvalue weighted by atomic mass is 10.0. The van der Waals surface area contributed by atoms with Crippen LogP contribution in [0.15, 0.2) is 36.4 Å². The number of rotatable bonds is 6. The van der Waals surface area contributed by atoms with Gasteiger partial charge in [-0.1, -0.05) is 19.1 Å². The Hall–Kier alpha value is -3.07. The van der Waals surface area contributed by atoms with Crippen molar-refractivity contribution >= 4 is 17.6 Å². The summed E-state index contributed by atoms with van der Waals surface area (Å²) in [6.45, 7) is 2.91. The van der Waals surface area contributed by atoms with Gasteiger partial charge in [-0.3, -0.25) is 4.79 Å². The van der Waals surface area contributed by atoms with Crippen LogP contribution in [0.25, 0.3) is 0 Å². The van der Waals surface area contributed by atoms with E-state index in [-0.39, 0.29) is 42.4 Å². The third kappa shape index (κ3) is 4.98. The topological polar surface area (TPSA) is 78.7 Å². The van der Waals surface area contributed by atoms with Crippen molar-refractivity contribution in [3.63, 3.8) is 0 Å². The number of likely N-dealkylation sites (tertiary alicyclic amines) is 2. The third-order valence-electron chi connectivity index (χ3n) is 6.44. The fourth-order valence-corrected chi connectivity index (χ4v) is 4.66. The summed E-state index contributed by atoms with van der Waals surface area (Å²) in [6, 6.07) is 7.86. The number of nitrogens with one attached hydrogen (secondary N) is 1. The van der Waals surface area contributed by atoms with Crippen LogP contribution in [0.2, 0.25) is 0 Å². The Morgan fingerprint density at radius 2 is 1.67 bits per heavy atom. The van der Waals surface area contributed by atoms with E-state index >= 15 is 0 Å². The molecule has 0 radical (unpaired) electrons. The van der Waals surface area contributed by atoms with Gasteiger partial charge in [0, 0.05) is 37.3 Å². The molecule has 6 nitrogen and oxygen atoms in total. The molecular formula is C24H27F3N4O2. The number of carbonyl (C=O) groups is 2.